The largest absolute Gasteiger partial charge is 0.573 e. The zero-order valence-corrected chi connectivity index (χ0v) is 24.3. The van der Waals surface area contributed by atoms with Crippen LogP contribution in [0, 0.1) is 10.8 Å². The number of fused-ring (bicyclic) bond motifs is 1. The van der Waals surface area contributed by atoms with Crippen LogP contribution >= 0.6 is 0 Å². The molecule has 10 heteroatoms. The van der Waals surface area contributed by atoms with E-state index in [1.165, 1.54) is 24.3 Å². The van der Waals surface area contributed by atoms with E-state index in [2.05, 4.69) is 42.3 Å². The van der Waals surface area contributed by atoms with Crippen LogP contribution in [0.15, 0.2) is 77.7 Å². The Morgan fingerprint density at radius 1 is 0.951 bits per heavy atom. The molecular formula is C31H34F3N3O3S. The summed E-state index contributed by atoms with van der Waals surface area (Å²) < 4.78 is 70.1. The van der Waals surface area contributed by atoms with E-state index in [0.29, 0.717) is 22.7 Å². The molecule has 6 nitrogen and oxygen atoms in total. The maximum absolute atomic E-state index is 13.0. The summed E-state index contributed by atoms with van der Waals surface area (Å²) in [6.07, 6.45) is -1.86. The van der Waals surface area contributed by atoms with Crippen molar-refractivity contribution in [3.63, 3.8) is 0 Å². The van der Waals surface area contributed by atoms with E-state index in [1.807, 2.05) is 12.1 Å². The fourth-order valence-electron chi connectivity index (χ4n) is 6.46. The van der Waals surface area contributed by atoms with Gasteiger partial charge in [0.1, 0.15) is 5.75 Å². The first-order valence-corrected chi connectivity index (χ1v) is 15.2. The molecule has 1 saturated carbocycles. The van der Waals surface area contributed by atoms with Gasteiger partial charge in [-0.05, 0) is 84.2 Å². The first-order chi connectivity index (χ1) is 19.1. The first-order valence-electron chi connectivity index (χ1n) is 13.5. The van der Waals surface area contributed by atoms with Gasteiger partial charge in [0.25, 0.3) is 0 Å². The maximum atomic E-state index is 13.0. The molecule has 0 bridgehead atoms. The van der Waals surface area contributed by atoms with Gasteiger partial charge < -0.3 is 14.6 Å². The third kappa shape index (κ3) is 6.86. The number of benzene rings is 3. The zero-order valence-electron chi connectivity index (χ0n) is 23.5. The zero-order chi connectivity index (χ0) is 29.6. The fourth-order valence-corrected chi connectivity index (χ4v) is 7.82. The highest BCUT2D eigenvalue weighted by Gasteiger charge is 2.40. The molecule has 4 aromatic rings. The van der Waals surface area contributed by atoms with Gasteiger partial charge in [0.15, 0.2) is 9.84 Å². The number of sulfone groups is 1. The Morgan fingerprint density at radius 2 is 1.59 bits per heavy atom. The van der Waals surface area contributed by atoms with Crippen LogP contribution in [0.5, 0.6) is 5.75 Å². The molecule has 5 rings (SSSR count). The lowest BCUT2D eigenvalue weighted by Crippen LogP contribution is -2.35. The summed E-state index contributed by atoms with van der Waals surface area (Å²) in [5.74, 6) is 0.0786. The number of ether oxygens (including phenoxy) is 1. The molecule has 1 heterocycles. The topological polar surface area (TPSA) is 73.2 Å². The monoisotopic (exact) mass is 585 g/mol. The summed E-state index contributed by atoms with van der Waals surface area (Å²) in [4.78, 5) is 5.13. The predicted molar refractivity (Wildman–Crippen MR) is 154 cm³/mol. The van der Waals surface area contributed by atoms with Crippen molar-refractivity contribution in [3.05, 3.63) is 78.4 Å². The van der Waals surface area contributed by atoms with Gasteiger partial charge in [0.2, 0.25) is 5.95 Å². The van der Waals surface area contributed by atoms with Crippen molar-refractivity contribution in [2.24, 2.45) is 10.8 Å². The Bertz CT molecular complexity index is 1630. The highest BCUT2D eigenvalue weighted by Crippen LogP contribution is 2.51. The Morgan fingerprint density at radius 3 is 2.20 bits per heavy atom. The summed E-state index contributed by atoms with van der Waals surface area (Å²) in [6, 6.07) is 19.5. The summed E-state index contributed by atoms with van der Waals surface area (Å²) in [7, 11) is -3.54. The van der Waals surface area contributed by atoms with Crippen molar-refractivity contribution in [1.82, 2.24) is 9.55 Å². The van der Waals surface area contributed by atoms with Gasteiger partial charge >= 0.3 is 6.36 Å². The third-order valence-corrected chi connectivity index (χ3v) is 9.16. The molecule has 41 heavy (non-hydrogen) atoms. The molecule has 0 radical (unpaired) electrons. The average molecular weight is 586 g/mol. The number of anilines is 2. The SMILES string of the molecule is CC1(C)CC(n2c(Nc3ccc(OC(F)(F)F)cc3)nc3cc(CS(=O)(=O)c4ccccc4)ccc32)CC(C)(C)C1. The van der Waals surface area contributed by atoms with Crippen molar-refractivity contribution >= 4 is 32.5 Å². The van der Waals surface area contributed by atoms with Gasteiger partial charge in [-0.15, -0.1) is 13.2 Å². The van der Waals surface area contributed by atoms with E-state index in [4.69, 9.17) is 4.98 Å². The number of nitrogens with zero attached hydrogens (tertiary/aromatic N) is 2. The Balaban J connectivity index is 1.53. The predicted octanol–water partition coefficient (Wildman–Crippen LogP) is 8.43. The summed E-state index contributed by atoms with van der Waals surface area (Å²) in [6.45, 7) is 9.05. The lowest BCUT2D eigenvalue weighted by molar-refractivity contribution is -0.274. The van der Waals surface area contributed by atoms with E-state index in [1.54, 1.807) is 36.4 Å². The maximum Gasteiger partial charge on any atom is 0.573 e. The molecule has 0 spiro atoms. The minimum atomic E-state index is -4.77. The van der Waals surface area contributed by atoms with Crippen molar-refractivity contribution < 1.29 is 26.3 Å². The minimum Gasteiger partial charge on any atom is -0.406 e. The number of hydrogen-bond donors (Lipinski definition) is 1. The quantitative estimate of drug-likeness (QED) is 0.236. The molecular weight excluding hydrogens is 551 g/mol. The minimum absolute atomic E-state index is 0.0839. The molecule has 1 aliphatic rings. The molecule has 3 aromatic carbocycles. The number of imidazole rings is 1. The number of alkyl halides is 3. The van der Waals surface area contributed by atoms with Gasteiger partial charge in [-0.25, -0.2) is 13.4 Å². The van der Waals surface area contributed by atoms with Crippen molar-refractivity contribution in [3.8, 4) is 5.75 Å². The average Bonchev–Trinajstić information content (AvgIpc) is 3.20. The molecule has 1 fully saturated rings. The Labute approximate surface area is 238 Å². The lowest BCUT2D eigenvalue weighted by atomic mass is 9.63. The van der Waals surface area contributed by atoms with Crippen molar-refractivity contribution in [2.75, 3.05) is 5.32 Å². The van der Waals surface area contributed by atoms with E-state index in [-0.39, 0.29) is 33.3 Å². The van der Waals surface area contributed by atoms with Crippen molar-refractivity contribution in [2.45, 2.75) is 70.0 Å². The second kappa shape index (κ2) is 10.4. The molecule has 1 N–H and O–H groups in total. The standard InChI is InChI=1S/C31H34F3N3O3S/c1-29(2)17-23(18-30(3,4)20-29)37-27-15-10-21(19-41(38,39)25-8-6-5-7-9-25)16-26(27)36-28(37)35-22-11-13-24(14-12-22)40-31(32,33)34/h5-16,23H,17-20H2,1-4H3,(H,35,36). The van der Waals surface area contributed by atoms with Crippen LogP contribution in [0.2, 0.25) is 0 Å². The highest BCUT2D eigenvalue weighted by atomic mass is 32.2. The smallest absolute Gasteiger partial charge is 0.406 e. The Kier molecular flexibility index (Phi) is 7.34. The van der Waals surface area contributed by atoms with Crippen LogP contribution in [0.1, 0.15) is 58.6 Å². The van der Waals surface area contributed by atoms with Gasteiger partial charge in [0, 0.05) is 11.7 Å². The van der Waals surface area contributed by atoms with Gasteiger partial charge in [-0.3, -0.25) is 0 Å². The normalized spacial score (nSPS) is 17.4. The molecule has 218 valence electrons. The van der Waals surface area contributed by atoms with Gasteiger partial charge in [-0.1, -0.05) is 52.0 Å². The summed E-state index contributed by atoms with van der Waals surface area (Å²) >= 11 is 0. The van der Waals surface area contributed by atoms with Crippen LogP contribution in [0.3, 0.4) is 0 Å². The number of nitrogens with one attached hydrogen (secondary N) is 1. The van der Waals surface area contributed by atoms with E-state index in [9.17, 15) is 21.6 Å². The lowest BCUT2D eigenvalue weighted by Gasteiger charge is -2.45. The third-order valence-electron chi connectivity index (χ3n) is 7.46. The molecule has 0 saturated heterocycles. The molecule has 0 aliphatic heterocycles. The van der Waals surface area contributed by atoms with Gasteiger partial charge in [-0.2, -0.15) is 0 Å². The second-order valence-electron chi connectivity index (χ2n) is 12.5. The number of hydrogen-bond acceptors (Lipinski definition) is 5. The molecule has 0 unspecified atom stereocenters. The van der Waals surface area contributed by atoms with Crippen LogP contribution < -0.4 is 10.1 Å². The second-order valence-corrected chi connectivity index (χ2v) is 14.5. The van der Waals surface area contributed by atoms with Crippen LogP contribution in [-0.4, -0.2) is 24.3 Å². The molecule has 1 aromatic heterocycles. The summed E-state index contributed by atoms with van der Waals surface area (Å²) in [5.41, 5.74) is 2.85. The van der Waals surface area contributed by atoms with E-state index < -0.39 is 16.2 Å². The summed E-state index contributed by atoms with van der Waals surface area (Å²) in [5, 5.41) is 3.29. The van der Waals surface area contributed by atoms with Crippen LogP contribution in [-0.2, 0) is 15.6 Å². The molecule has 0 amide bonds. The Hall–Kier alpha value is -3.53. The fraction of sp³-hybridized carbons (Fsp3) is 0.387. The van der Waals surface area contributed by atoms with E-state index >= 15 is 0 Å². The van der Waals surface area contributed by atoms with Crippen molar-refractivity contribution in [1.29, 1.82) is 0 Å². The first kappa shape index (κ1) is 29.0. The van der Waals surface area contributed by atoms with Crippen LogP contribution in [0.4, 0.5) is 24.8 Å². The van der Waals surface area contributed by atoms with E-state index in [0.717, 1.165) is 24.8 Å². The number of halogens is 3. The molecule has 1 aliphatic carbocycles. The van der Waals surface area contributed by atoms with Crippen LogP contribution in [0.25, 0.3) is 11.0 Å². The number of rotatable bonds is 7. The molecule has 0 atom stereocenters. The number of aromatic nitrogens is 2. The highest BCUT2D eigenvalue weighted by molar-refractivity contribution is 7.90. The van der Waals surface area contributed by atoms with Gasteiger partial charge in [0.05, 0.1) is 21.7 Å².